The third-order valence-corrected chi connectivity index (χ3v) is 5.11. The molecule has 11 nitrogen and oxygen atoms in total. The van der Waals surface area contributed by atoms with Crippen molar-refractivity contribution < 1.29 is 14.3 Å². The summed E-state index contributed by atoms with van der Waals surface area (Å²) < 4.78 is 6.35. The molecule has 1 aliphatic carbocycles. The summed E-state index contributed by atoms with van der Waals surface area (Å²) in [4.78, 5) is 52.8. The molecule has 1 saturated carbocycles. The summed E-state index contributed by atoms with van der Waals surface area (Å²) in [6, 6.07) is -0.489. The van der Waals surface area contributed by atoms with Gasteiger partial charge in [-0.3, -0.25) is 24.5 Å². The normalized spacial score (nSPS) is 13.9. The lowest BCUT2D eigenvalue weighted by Gasteiger charge is -2.25. The fourth-order valence-electron chi connectivity index (χ4n) is 3.52. The molecule has 1 aromatic rings. The van der Waals surface area contributed by atoms with E-state index in [9.17, 15) is 19.2 Å². The van der Waals surface area contributed by atoms with Gasteiger partial charge < -0.3 is 20.7 Å². The van der Waals surface area contributed by atoms with E-state index >= 15 is 0 Å². The Morgan fingerprint density at radius 1 is 1.30 bits per heavy atom. The number of carbonyl (C=O) groups is 2. The fraction of sp³-hybridized carbons (Fsp3) is 0.684. The number of imide groups is 1. The number of nitrogen functional groups attached to an aromatic ring is 1. The Kier molecular flexibility index (Phi) is 8.90. The minimum atomic E-state index is -0.690. The van der Waals surface area contributed by atoms with Crippen LogP contribution in [0.25, 0.3) is 0 Å². The maximum Gasteiger partial charge on any atom is 0.330 e. The largest absolute Gasteiger partial charge is 0.383 e. The van der Waals surface area contributed by atoms with E-state index in [0.717, 1.165) is 32.1 Å². The number of amides is 3. The maximum absolute atomic E-state index is 12.5. The van der Waals surface area contributed by atoms with Gasteiger partial charge in [0.25, 0.3) is 5.56 Å². The number of urea groups is 1. The van der Waals surface area contributed by atoms with Crippen molar-refractivity contribution in [1.82, 2.24) is 20.2 Å². The lowest BCUT2D eigenvalue weighted by atomic mass is 10.2. The molecule has 0 spiro atoms. The smallest absolute Gasteiger partial charge is 0.330 e. The van der Waals surface area contributed by atoms with Crippen molar-refractivity contribution in [3.8, 4) is 0 Å². The third kappa shape index (κ3) is 6.34. The predicted molar refractivity (Wildman–Crippen MR) is 114 cm³/mol. The van der Waals surface area contributed by atoms with Crippen LogP contribution in [0.1, 0.15) is 45.4 Å². The Balaban J connectivity index is 2.18. The summed E-state index contributed by atoms with van der Waals surface area (Å²) in [6.07, 6.45) is 5.44. The number of hydrogen-bond donors (Lipinski definition) is 4. The van der Waals surface area contributed by atoms with Crippen molar-refractivity contribution in [2.24, 2.45) is 0 Å². The zero-order valence-electron chi connectivity index (χ0n) is 17.7. The van der Waals surface area contributed by atoms with Crippen LogP contribution in [0, 0.1) is 0 Å². The summed E-state index contributed by atoms with van der Waals surface area (Å²) in [6.45, 7) is 2.42. The highest BCUT2D eigenvalue weighted by molar-refractivity contribution is 5.96. The van der Waals surface area contributed by atoms with Crippen LogP contribution in [0.2, 0.25) is 0 Å². The first kappa shape index (κ1) is 23.5. The Bertz CT molecular complexity index is 843. The number of anilines is 2. The highest BCUT2D eigenvalue weighted by atomic mass is 16.5. The molecule has 0 atom stereocenters. The van der Waals surface area contributed by atoms with E-state index < -0.39 is 23.2 Å². The Hall–Kier alpha value is -2.82. The van der Waals surface area contributed by atoms with Crippen molar-refractivity contribution in [2.45, 2.75) is 58.0 Å². The van der Waals surface area contributed by atoms with E-state index in [1.54, 1.807) is 0 Å². The van der Waals surface area contributed by atoms with Gasteiger partial charge in [-0.25, -0.2) is 9.59 Å². The standard InChI is InChI=1S/C19H32N6O5/c1-3-4-9-25-16(20)15(17(27)23-19(25)29)24(10-11-30-2)12-14(26)22-18(28)21-13-7-5-6-8-13/h13H,3-12,20H2,1-2H3,(H,23,27,29)(H2,21,22,26,28). The van der Waals surface area contributed by atoms with Crippen LogP contribution in [0.4, 0.5) is 16.3 Å². The lowest BCUT2D eigenvalue weighted by Crippen LogP contribution is -2.49. The maximum atomic E-state index is 12.5. The topological polar surface area (TPSA) is 152 Å². The second kappa shape index (κ2) is 11.4. The van der Waals surface area contributed by atoms with Crippen LogP contribution in [-0.4, -0.2) is 54.3 Å². The second-order valence-corrected chi connectivity index (χ2v) is 7.42. The van der Waals surface area contributed by atoms with Crippen molar-refractivity contribution in [3.63, 3.8) is 0 Å². The first-order valence-electron chi connectivity index (χ1n) is 10.3. The van der Waals surface area contributed by atoms with E-state index in [-0.39, 0.29) is 37.2 Å². The summed E-state index contributed by atoms with van der Waals surface area (Å²) in [7, 11) is 1.49. The molecular weight excluding hydrogens is 392 g/mol. The zero-order valence-corrected chi connectivity index (χ0v) is 17.7. The van der Waals surface area contributed by atoms with Crippen molar-refractivity contribution in [3.05, 3.63) is 20.8 Å². The van der Waals surface area contributed by atoms with Crippen molar-refractivity contribution in [1.29, 1.82) is 0 Å². The molecule has 1 heterocycles. The van der Waals surface area contributed by atoms with Gasteiger partial charge in [0.2, 0.25) is 5.91 Å². The summed E-state index contributed by atoms with van der Waals surface area (Å²) in [5.41, 5.74) is 4.86. The third-order valence-electron chi connectivity index (χ3n) is 5.11. The highest BCUT2D eigenvalue weighted by Gasteiger charge is 2.23. The number of carbonyl (C=O) groups excluding carboxylic acids is 2. The number of H-pyrrole nitrogens is 1. The van der Waals surface area contributed by atoms with Crippen LogP contribution in [-0.2, 0) is 16.1 Å². The van der Waals surface area contributed by atoms with E-state index in [4.69, 9.17) is 10.5 Å². The van der Waals surface area contributed by atoms with Gasteiger partial charge in [0, 0.05) is 26.2 Å². The second-order valence-electron chi connectivity index (χ2n) is 7.42. The van der Waals surface area contributed by atoms with Crippen LogP contribution in [0.15, 0.2) is 9.59 Å². The quantitative estimate of drug-likeness (QED) is 0.417. The number of nitrogens with two attached hydrogens (primary N) is 1. The van der Waals surface area contributed by atoms with E-state index in [2.05, 4.69) is 15.6 Å². The van der Waals surface area contributed by atoms with E-state index in [1.165, 1.54) is 16.6 Å². The molecule has 0 radical (unpaired) electrons. The number of aromatic amines is 1. The molecule has 0 aliphatic heterocycles. The van der Waals surface area contributed by atoms with Gasteiger partial charge in [-0.1, -0.05) is 26.2 Å². The number of nitrogens with one attached hydrogen (secondary N) is 3. The number of aromatic nitrogens is 2. The van der Waals surface area contributed by atoms with Gasteiger partial charge in [-0.15, -0.1) is 0 Å². The van der Waals surface area contributed by atoms with Gasteiger partial charge in [0.05, 0.1) is 13.2 Å². The van der Waals surface area contributed by atoms with Crippen LogP contribution in [0.5, 0.6) is 0 Å². The van der Waals surface area contributed by atoms with Gasteiger partial charge in [-0.05, 0) is 19.3 Å². The molecule has 0 bridgehead atoms. The SMILES string of the molecule is CCCCn1c(N)c(N(CCOC)CC(=O)NC(=O)NC2CCCC2)c(=O)[nH]c1=O. The summed E-state index contributed by atoms with van der Waals surface area (Å²) >= 11 is 0. The predicted octanol–water partition coefficient (Wildman–Crippen LogP) is 0.140. The van der Waals surface area contributed by atoms with Gasteiger partial charge >= 0.3 is 11.7 Å². The minimum absolute atomic E-state index is 0.00843. The minimum Gasteiger partial charge on any atom is -0.383 e. The van der Waals surface area contributed by atoms with Gasteiger partial charge in [-0.2, -0.15) is 0 Å². The van der Waals surface area contributed by atoms with Crippen LogP contribution in [0.3, 0.4) is 0 Å². The Morgan fingerprint density at radius 2 is 2.00 bits per heavy atom. The molecule has 168 valence electrons. The van der Waals surface area contributed by atoms with E-state index in [1.807, 2.05) is 6.92 Å². The monoisotopic (exact) mass is 424 g/mol. The number of hydrogen-bond acceptors (Lipinski definition) is 7. The Morgan fingerprint density at radius 3 is 2.63 bits per heavy atom. The molecule has 1 aromatic heterocycles. The average Bonchev–Trinajstić information content (AvgIpc) is 3.18. The average molecular weight is 425 g/mol. The number of rotatable bonds is 10. The number of ether oxygens (including phenoxy) is 1. The van der Waals surface area contributed by atoms with Gasteiger partial charge in [0.1, 0.15) is 11.5 Å². The zero-order chi connectivity index (χ0) is 22.1. The van der Waals surface area contributed by atoms with Crippen molar-refractivity contribution >= 4 is 23.4 Å². The molecule has 5 N–H and O–H groups in total. The van der Waals surface area contributed by atoms with Crippen LogP contribution < -0.4 is 32.5 Å². The highest BCUT2D eigenvalue weighted by Crippen LogP contribution is 2.18. The first-order chi connectivity index (χ1) is 14.4. The molecule has 0 unspecified atom stereocenters. The van der Waals surface area contributed by atoms with E-state index in [0.29, 0.717) is 13.0 Å². The van der Waals surface area contributed by atoms with Gasteiger partial charge in [0.15, 0.2) is 0 Å². The fourth-order valence-corrected chi connectivity index (χ4v) is 3.52. The molecule has 0 saturated heterocycles. The number of unbranched alkanes of at least 4 members (excludes halogenated alkanes) is 1. The summed E-state index contributed by atoms with van der Waals surface area (Å²) in [5, 5.41) is 5.07. The summed E-state index contributed by atoms with van der Waals surface area (Å²) in [5.74, 6) is -0.608. The molecule has 1 aliphatic rings. The lowest BCUT2D eigenvalue weighted by molar-refractivity contribution is -0.118. The molecular formula is C19H32N6O5. The number of methoxy groups -OCH3 is 1. The molecule has 1 fully saturated rings. The first-order valence-corrected chi connectivity index (χ1v) is 10.3. The molecule has 3 amide bonds. The van der Waals surface area contributed by atoms with Crippen LogP contribution >= 0.6 is 0 Å². The molecule has 2 rings (SSSR count). The molecule has 30 heavy (non-hydrogen) atoms. The molecule has 11 heteroatoms. The Labute approximate surface area is 175 Å². The van der Waals surface area contributed by atoms with Crippen molar-refractivity contribution in [2.75, 3.05) is 37.4 Å². The number of nitrogens with zero attached hydrogens (tertiary/aromatic N) is 2. The molecule has 0 aromatic carbocycles.